The number of aliphatic imine (C=N–C) groups is 1. The second-order valence-electron chi connectivity index (χ2n) is 4.19. The molecule has 1 atom stereocenters. The van der Waals surface area contributed by atoms with Gasteiger partial charge in [-0.15, -0.1) is 11.8 Å². The van der Waals surface area contributed by atoms with E-state index in [2.05, 4.69) is 54.0 Å². The van der Waals surface area contributed by atoms with Crippen LogP contribution in [0.5, 0.6) is 0 Å². The molecular weight excluding hydrogens is 270 g/mol. The molecule has 0 bridgehead atoms. The van der Waals surface area contributed by atoms with Crippen LogP contribution < -0.4 is 0 Å². The number of nitrogens with zero attached hydrogens (tertiary/aromatic N) is 1. The maximum Gasteiger partial charge on any atom is 0.0981 e. The normalized spacial score (nSPS) is 21.5. The van der Waals surface area contributed by atoms with Gasteiger partial charge in [0.25, 0.3) is 0 Å². The van der Waals surface area contributed by atoms with E-state index < -0.39 is 0 Å². The molecule has 15 heavy (non-hydrogen) atoms. The predicted molar refractivity (Wildman–Crippen MR) is 72.2 cm³/mol. The third-order valence-corrected chi connectivity index (χ3v) is 4.09. The quantitative estimate of drug-likeness (QED) is 0.754. The van der Waals surface area contributed by atoms with Gasteiger partial charge < -0.3 is 0 Å². The van der Waals surface area contributed by atoms with Crippen LogP contribution in [0.25, 0.3) is 0 Å². The highest BCUT2D eigenvalue weighted by Crippen LogP contribution is 2.33. The summed E-state index contributed by atoms with van der Waals surface area (Å²) in [6.07, 6.45) is 0. The van der Waals surface area contributed by atoms with E-state index in [0.29, 0.717) is 6.04 Å². The van der Waals surface area contributed by atoms with Gasteiger partial charge in [-0.05, 0) is 13.8 Å². The summed E-state index contributed by atoms with van der Waals surface area (Å²) < 4.78 is 0.0938. The van der Waals surface area contributed by atoms with Crippen LogP contribution in [0.4, 0.5) is 0 Å². The van der Waals surface area contributed by atoms with E-state index in [1.807, 2.05) is 17.8 Å². The molecule has 1 nitrogen and oxygen atoms in total. The van der Waals surface area contributed by atoms with Gasteiger partial charge in [0.1, 0.15) is 0 Å². The minimum atomic E-state index is 0.0938. The second-order valence-corrected chi connectivity index (χ2v) is 7.24. The van der Waals surface area contributed by atoms with E-state index in [9.17, 15) is 0 Å². The predicted octanol–water partition coefficient (Wildman–Crippen LogP) is 3.72. The summed E-state index contributed by atoms with van der Waals surface area (Å²) in [7, 11) is 0. The van der Waals surface area contributed by atoms with Crippen LogP contribution in [0, 0.1) is 0 Å². The molecule has 0 fully saturated rings. The van der Waals surface area contributed by atoms with Crippen LogP contribution in [-0.2, 0) is 0 Å². The molecule has 0 saturated carbocycles. The van der Waals surface area contributed by atoms with Gasteiger partial charge in [-0.1, -0.05) is 46.3 Å². The molecular formula is C12H14BrNS. The summed E-state index contributed by atoms with van der Waals surface area (Å²) in [5, 5.41) is 1.17. The lowest BCUT2D eigenvalue weighted by molar-refractivity contribution is 0.606. The molecule has 0 aromatic heterocycles. The van der Waals surface area contributed by atoms with Crippen molar-refractivity contribution in [3.63, 3.8) is 0 Å². The number of thioether (sulfide) groups is 1. The first kappa shape index (κ1) is 11.2. The Labute approximate surface area is 104 Å². The summed E-state index contributed by atoms with van der Waals surface area (Å²) in [5.41, 5.74) is 1.24. The topological polar surface area (TPSA) is 12.4 Å². The summed E-state index contributed by atoms with van der Waals surface area (Å²) in [4.78, 5) is 4.76. The van der Waals surface area contributed by atoms with Crippen LogP contribution in [0.1, 0.15) is 19.4 Å². The van der Waals surface area contributed by atoms with Crippen LogP contribution >= 0.6 is 27.7 Å². The van der Waals surface area contributed by atoms with E-state index in [1.54, 1.807) is 0 Å². The number of halogens is 1. The minimum absolute atomic E-state index is 0.0938. The average Bonchev–Trinajstić information content (AvgIpc) is 2.67. The van der Waals surface area contributed by atoms with Crippen molar-refractivity contribution in [1.82, 2.24) is 0 Å². The Bertz CT molecular complexity index is 367. The SMILES string of the molecule is CC(C)(Br)[C@H]1CSC(c2ccccc2)=N1. The highest BCUT2D eigenvalue weighted by atomic mass is 79.9. The number of benzene rings is 1. The largest absolute Gasteiger partial charge is 0.272 e. The van der Waals surface area contributed by atoms with Gasteiger partial charge in [0.05, 0.1) is 11.1 Å². The zero-order valence-corrected chi connectivity index (χ0v) is 11.3. The third-order valence-electron chi connectivity index (χ3n) is 2.46. The van der Waals surface area contributed by atoms with Gasteiger partial charge in [0.2, 0.25) is 0 Å². The van der Waals surface area contributed by atoms with Crippen LogP contribution in [-0.4, -0.2) is 21.2 Å². The van der Waals surface area contributed by atoms with Gasteiger partial charge in [-0.3, -0.25) is 4.99 Å². The van der Waals surface area contributed by atoms with E-state index in [0.717, 1.165) is 5.75 Å². The summed E-state index contributed by atoms with van der Waals surface area (Å²) in [6, 6.07) is 10.8. The zero-order chi connectivity index (χ0) is 10.9. The van der Waals surface area contributed by atoms with Crippen molar-refractivity contribution in [2.75, 3.05) is 5.75 Å². The first-order valence-corrected chi connectivity index (χ1v) is 6.80. The lowest BCUT2D eigenvalue weighted by Crippen LogP contribution is -2.28. The Morgan fingerprint density at radius 1 is 1.33 bits per heavy atom. The Morgan fingerprint density at radius 2 is 2.00 bits per heavy atom. The van der Waals surface area contributed by atoms with Crippen molar-refractivity contribution >= 4 is 32.7 Å². The van der Waals surface area contributed by atoms with Crippen molar-refractivity contribution < 1.29 is 0 Å². The molecule has 0 radical (unpaired) electrons. The van der Waals surface area contributed by atoms with E-state index in [1.165, 1.54) is 10.6 Å². The van der Waals surface area contributed by atoms with Crippen LogP contribution in [0.2, 0.25) is 0 Å². The standard InChI is InChI=1S/C12H14BrNS/c1-12(2,13)10-8-15-11(14-10)9-6-4-3-5-7-9/h3-7,10H,8H2,1-2H3/t10-/m1/s1. The molecule has 1 aliphatic heterocycles. The molecule has 1 aromatic rings. The minimum Gasteiger partial charge on any atom is -0.272 e. The number of alkyl halides is 1. The summed E-state index contributed by atoms with van der Waals surface area (Å²) >= 11 is 5.54. The number of rotatable bonds is 2. The molecule has 0 aliphatic carbocycles. The Kier molecular flexibility index (Phi) is 3.21. The zero-order valence-electron chi connectivity index (χ0n) is 8.90. The smallest absolute Gasteiger partial charge is 0.0981 e. The molecule has 1 heterocycles. The molecule has 0 spiro atoms. The molecule has 1 aromatic carbocycles. The maximum absolute atomic E-state index is 4.76. The Hall–Kier alpha value is -0.280. The van der Waals surface area contributed by atoms with E-state index in [-0.39, 0.29) is 4.32 Å². The molecule has 0 N–H and O–H groups in total. The molecule has 1 aliphatic rings. The highest BCUT2D eigenvalue weighted by molar-refractivity contribution is 9.10. The number of hydrogen-bond donors (Lipinski definition) is 0. The molecule has 0 amide bonds. The van der Waals surface area contributed by atoms with Crippen molar-refractivity contribution in [2.45, 2.75) is 24.2 Å². The first-order chi connectivity index (χ1) is 7.07. The highest BCUT2D eigenvalue weighted by Gasteiger charge is 2.31. The lowest BCUT2D eigenvalue weighted by atomic mass is 10.1. The number of hydrogen-bond acceptors (Lipinski definition) is 2. The summed E-state index contributed by atoms with van der Waals surface area (Å²) in [6.45, 7) is 4.35. The molecule has 0 saturated heterocycles. The van der Waals surface area contributed by atoms with Gasteiger partial charge in [-0.2, -0.15) is 0 Å². The van der Waals surface area contributed by atoms with Crippen molar-refractivity contribution in [1.29, 1.82) is 0 Å². The fourth-order valence-corrected chi connectivity index (χ4v) is 3.25. The van der Waals surface area contributed by atoms with Gasteiger partial charge in [0, 0.05) is 15.6 Å². The Morgan fingerprint density at radius 3 is 2.53 bits per heavy atom. The van der Waals surface area contributed by atoms with Crippen molar-refractivity contribution in [2.24, 2.45) is 4.99 Å². The van der Waals surface area contributed by atoms with Crippen molar-refractivity contribution in [3.05, 3.63) is 35.9 Å². The molecule has 0 unspecified atom stereocenters. The van der Waals surface area contributed by atoms with E-state index in [4.69, 9.17) is 4.99 Å². The Balaban J connectivity index is 2.21. The van der Waals surface area contributed by atoms with E-state index >= 15 is 0 Å². The van der Waals surface area contributed by atoms with Gasteiger partial charge in [-0.25, -0.2) is 0 Å². The molecule has 2 rings (SSSR count). The van der Waals surface area contributed by atoms with Crippen LogP contribution in [0.15, 0.2) is 35.3 Å². The fourth-order valence-electron chi connectivity index (χ4n) is 1.46. The second kappa shape index (κ2) is 4.30. The van der Waals surface area contributed by atoms with Gasteiger partial charge in [0.15, 0.2) is 0 Å². The third kappa shape index (κ3) is 2.64. The maximum atomic E-state index is 4.76. The van der Waals surface area contributed by atoms with Gasteiger partial charge >= 0.3 is 0 Å². The lowest BCUT2D eigenvalue weighted by Gasteiger charge is -2.20. The van der Waals surface area contributed by atoms with Crippen LogP contribution in [0.3, 0.4) is 0 Å². The first-order valence-electron chi connectivity index (χ1n) is 5.02. The average molecular weight is 284 g/mol. The fraction of sp³-hybridized carbons (Fsp3) is 0.417. The monoisotopic (exact) mass is 283 g/mol. The molecule has 3 heteroatoms. The molecule has 80 valence electrons. The van der Waals surface area contributed by atoms with Crippen molar-refractivity contribution in [3.8, 4) is 0 Å². The summed E-state index contributed by atoms with van der Waals surface area (Å²) in [5.74, 6) is 1.07.